The monoisotopic (exact) mass is 254 g/mol. The zero-order chi connectivity index (χ0) is 13.1. The standard InChI is InChI=1S/C14H20F2N2/c1-10-5-7-18(9-10)8-6-13(17)11-3-2-4-12(15)14(11)16/h2-4,10,13H,5-9,17H2,1H3. The maximum Gasteiger partial charge on any atom is 0.163 e. The van der Waals surface area contributed by atoms with Gasteiger partial charge < -0.3 is 10.6 Å². The predicted octanol–water partition coefficient (Wildman–Crippen LogP) is 2.70. The first kappa shape index (κ1) is 13.4. The van der Waals surface area contributed by atoms with Gasteiger partial charge in [0.05, 0.1) is 0 Å². The lowest BCUT2D eigenvalue weighted by Gasteiger charge is -2.19. The van der Waals surface area contributed by atoms with Crippen molar-refractivity contribution in [2.75, 3.05) is 19.6 Å². The summed E-state index contributed by atoms with van der Waals surface area (Å²) in [4.78, 5) is 2.34. The van der Waals surface area contributed by atoms with Crippen molar-refractivity contribution in [1.29, 1.82) is 0 Å². The molecule has 1 aromatic rings. The molecule has 1 aromatic carbocycles. The lowest BCUT2D eigenvalue weighted by Crippen LogP contribution is -2.25. The van der Waals surface area contributed by atoms with E-state index in [4.69, 9.17) is 5.73 Å². The van der Waals surface area contributed by atoms with Gasteiger partial charge in [0.2, 0.25) is 0 Å². The van der Waals surface area contributed by atoms with Gasteiger partial charge in [-0.2, -0.15) is 0 Å². The molecule has 2 rings (SSSR count). The highest BCUT2D eigenvalue weighted by atomic mass is 19.2. The van der Waals surface area contributed by atoms with Crippen molar-refractivity contribution in [3.63, 3.8) is 0 Å². The van der Waals surface area contributed by atoms with E-state index >= 15 is 0 Å². The SMILES string of the molecule is CC1CCN(CCC(N)c2cccc(F)c2F)C1. The Labute approximate surface area is 107 Å². The van der Waals surface area contributed by atoms with Gasteiger partial charge >= 0.3 is 0 Å². The minimum Gasteiger partial charge on any atom is -0.324 e. The van der Waals surface area contributed by atoms with Crippen LogP contribution in [0.1, 0.15) is 31.4 Å². The average molecular weight is 254 g/mol. The van der Waals surface area contributed by atoms with Crippen LogP contribution in [-0.2, 0) is 0 Å². The van der Waals surface area contributed by atoms with Gasteiger partial charge in [-0.3, -0.25) is 0 Å². The van der Waals surface area contributed by atoms with Gasteiger partial charge in [0.1, 0.15) is 0 Å². The van der Waals surface area contributed by atoms with E-state index in [1.54, 1.807) is 6.07 Å². The lowest BCUT2D eigenvalue weighted by atomic mass is 10.0. The summed E-state index contributed by atoms with van der Waals surface area (Å²) in [6.45, 7) is 5.24. The first-order chi connectivity index (χ1) is 8.58. The number of likely N-dealkylation sites (tertiary alicyclic amines) is 1. The van der Waals surface area contributed by atoms with E-state index in [1.165, 1.54) is 12.5 Å². The van der Waals surface area contributed by atoms with Gasteiger partial charge in [-0.25, -0.2) is 8.78 Å². The summed E-state index contributed by atoms with van der Waals surface area (Å²) in [5, 5.41) is 0. The van der Waals surface area contributed by atoms with E-state index in [1.807, 2.05) is 0 Å². The van der Waals surface area contributed by atoms with E-state index in [2.05, 4.69) is 11.8 Å². The molecule has 1 heterocycles. The Kier molecular flexibility index (Phi) is 4.30. The molecule has 18 heavy (non-hydrogen) atoms. The topological polar surface area (TPSA) is 29.3 Å². The summed E-state index contributed by atoms with van der Waals surface area (Å²) in [7, 11) is 0. The highest BCUT2D eigenvalue weighted by Gasteiger charge is 2.20. The molecule has 0 saturated carbocycles. The van der Waals surface area contributed by atoms with E-state index in [0.29, 0.717) is 6.42 Å². The number of nitrogens with zero attached hydrogens (tertiary/aromatic N) is 1. The van der Waals surface area contributed by atoms with E-state index in [9.17, 15) is 8.78 Å². The van der Waals surface area contributed by atoms with E-state index in [-0.39, 0.29) is 5.56 Å². The van der Waals surface area contributed by atoms with Crippen molar-refractivity contribution in [3.8, 4) is 0 Å². The van der Waals surface area contributed by atoms with E-state index in [0.717, 1.165) is 31.6 Å². The maximum absolute atomic E-state index is 13.5. The number of rotatable bonds is 4. The molecule has 2 nitrogen and oxygen atoms in total. The summed E-state index contributed by atoms with van der Waals surface area (Å²) in [5.74, 6) is -0.898. The zero-order valence-corrected chi connectivity index (χ0v) is 10.7. The van der Waals surface area contributed by atoms with Crippen LogP contribution in [0, 0.1) is 17.6 Å². The van der Waals surface area contributed by atoms with Crippen molar-refractivity contribution in [3.05, 3.63) is 35.4 Å². The van der Waals surface area contributed by atoms with Gasteiger partial charge in [0, 0.05) is 18.2 Å². The molecule has 0 bridgehead atoms. The van der Waals surface area contributed by atoms with Crippen molar-refractivity contribution < 1.29 is 8.78 Å². The maximum atomic E-state index is 13.5. The molecule has 0 aliphatic carbocycles. The van der Waals surface area contributed by atoms with Crippen LogP contribution in [0.4, 0.5) is 8.78 Å². The molecule has 1 aliphatic heterocycles. The van der Waals surface area contributed by atoms with Gasteiger partial charge in [0.15, 0.2) is 11.6 Å². The fourth-order valence-electron chi connectivity index (χ4n) is 2.51. The normalized spacial score (nSPS) is 22.3. The molecule has 4 heteroatoms. The van der Waals surface area contributed by atoms with Crippen LogP contribution < -0.4 is 5.73 Å². The largest absolute Gasteiger partial charge is 0.324 e. The van der Waals surface area contributed by atoms with Crippen molar-refractivity contribution in [2.45, 2.75) is 25.8 Å². The highest BCUT2D eigenvalue weighted by molar-refractivity contribution is 5.22. The number of nitrogens with two attached hydrogens (primary N) is 1. The van der Waals surface area contributed by atoms with Crippen LogP contribution in [0.2, 0.25) is 0 Å². The highest BCUT2D eigenvalue weighted by Crippen LogP contribution is 2.22. The number of benzene rings is 1. The fraction of sp³-hybridized carbons (Fsp3) is 0.571. The summed E-state index contributed by atoms with van der Waals surface area (Å²) >= 11 is 0. The van der Waals surface area contributed by atoms with Crippen LogP contribution in [-0.4, -0.2) is 24.5 Å². The van der Waals surface area contributed by atoms with Crippen LogP contribution in [0.25, 0.3) is 0 Å². The molecule has 1 fully saturated rings. The minimum absolute atomic E-state index is 0.280. The lowest BCUT2D eigenvalue weighted by molar-refractivity contribution is 0.311. The third kappa shape index (κ3) is 3.06. The average Bonchev–Trinajstić information content (AvgIpc) is 2.76. The van der Waals surface area contributed by atoms with E-state index < -0.39 is 17.7 Å². The summed E-state index contributed by atoms with van der Waals surface area (Å²) in [6, 6.07) is 3.76. The molecule has 0 radical (unpaired) electrons. The Balaban J connectivity index is 1.91. The Morgan fingerprint density at radius 1 is 1.44 bits per heavy atom. The number of hydrogen-bond donors (Lipinski definition) is 1. The molecular formula is C14H20F2N2. The number of halogens is 2. The van der Waals surface area contributed by atoms with Crippen LogP contribution >= 0.6 is 0 Å². The Morgan fingerprint density at radius 2 is 2.22 bits per heavy atom. The van der Waals surface area contributed by atoms with Crippen LogP contribution in [0.5, 0.6) is 0 Å². The third-order valence-electron chi connectivity index (χ3n) is 3.65. The first-order valence-corrected chi connectivity index (χ1v) is 6.49. The molecule has 0 spiro atoms. The molecule has 1 aliphatic rings. The third-order valence-corrected chi connectivity index (χ3v) is 3.65. The predicted molar refractivity (Wildman–Crippen MR) is 68.1 cm³/mol. The molecule has 100 valence electrons. The van der Waals surface area contributed by atoms with Crippen molar-refractivity contribution in [2.24, 2.45) is 11.7 Å². The van der Waals surface area contributed by atoms with Crippen LogP contribution in [0.3, 0.4) is 0 Å². The number of hydrogen-bond acceptors (Lipinski definition) is 2. The first-order valence-electron chi connectivity index (χ1n) is 6.49. The van der Waals surface area contributed by atoms with Gasteiger partial charge in [-0.15, -0.1) is 0 Å². The molecule has 0 aromatic heterocycles. The molecule has 0 amide bonds. The molecular weight excluding hydrogens is 234 g/mol. The summed E-state index contributed by atoms with van der Waals surface area (Å²) < 4.78 is 26.6. The second-order valence-corrected chi connectivity index (χ2v) is 5.23. The molecule has 2 N–H and O–H groups in total. The Morgan fingerprint density at radius 3 is 2.89 bits per heavy atom. The van der Waals surface area contributed by atoms with Crippen LogP contribution in [0.15, 0.2) is 18.2 Å². The molecule has 2 atom stereocenters. The molecule has 1 saturated heterocycles. The molecule has 2 unspecified atom stereocenters. The Hall–Kier alpha value is -1.00. The Bertz CT molecular complexity index is 409. The van der Waals surface area contributed by atoms with Gasteiger partial charge in [0.25, 0.3) is 0 Å². The summed E-state index contributed by atoms with van der Waals surface area (Å²) in [6.07, 6.45) is 1.87. The van der Waals surface area contributed by atoms with Gasteiger partial charge in [-0.05, 0) is 37.9 Å². The second kappa shape index (κ2) is 5.76. The summed E-state index contributed by atoms with van der Waals surface area (Å²) in [5.41, 5.74) is 6.22. The van der Waals surface area contributed by atoms with Crippen molar-refractivity contribution >= 4 is 0 Å². The second-order valence-electron chi connectivity index (χ2n) is 5.23. The van der Waals surface area contributed by atoms with Crippen molar-refractivity contribution in [1.82, 2.24) is 4.90 Å². The quantitative estimate of drug-likeness (QED) is 0.895. The smallest absolute Gasteiger partial charge is 0.163 e. The zero-order valence-electron chi connectivity index (χ0n) is 10.7. The fourth-order valence-corrected chi connectivity index (χ4v) is 2.51. The minimum atomic E-state index is -0.822. The van der Waals surface area contributed by atoms with Gasteiger partial charge in [-0.1, -0.05) is 19.1 Å².